The van der Waals surface area contributed by atoms with Gasteiger partial charge in [0.15, 0.2) is 0 Å². The molecule has 0 saturated heterocycles. The molecule has 6 nitrogen and oxygen atoms in total. The first-order valence-electron chi connectivity index (χ1n) is 13.9. The summed E-state index contributed by atoms with van der Waals surface area (Å²) in [5, 5.41) is 0. The van der Waals surface area contributed by atoms with Crippen LogP contribution in [-0.2, 0) is 5.41 Å². The number of benzene rings is 4. The number of carbonyl (C=O) groups excluding carboxylic acids is 4. The third-order valence-corrected chi connectivity index (χ3v) is 8.68. The Morgan fingerprint density at radius 2 is 0.864 bits per heavy atom. The molecule has 0 aromatic heterocycles. The molecule has 4 aromatic carbocycles. The molecule has 0 aliphatic carbocycles. The van der Waals surface area contributed by atoms with Crippen LogP contribution in [0.3, 0.4) is 0 Å². The zero-order valence-electron chi connectivity index (χ0n) is 24.6. The zero-order valence-corrected chi connectivity index (χ0v) is 24.6. The van der Waals surface area contributed by atoms with Gasteiger partial charge >= 0.3 is 6.18 Å². The summed E-state index contributed by atoms with van der Waals surface area (Å²) >= 11 is 0. The molecule has 0 N–H and O–H groups in total. The highest BCUT2D eigenvalue weighted by atomic mass is 19.4. The number of carbonyl (C=O) groups is 4. The highest BCUT2D eigenvalue weighted by Crippen LogP contribution is 2.48. The van der Waals surface area contributed by atoms with E-state index in [0.29, 0.717) is 22.5 Å². The smallest absolute Gasteiger partial charge is 0.268 e. The van der Waals surface area contributed by atoms with Crippen LogP contribution in [0.25, 0.3) is 0 Å². The van der Waals surface area contributed by atoms with Gasteiger partial charge in [-0.3, -0.25) is 19.2 Å². The van der Waals surface area contributed by atoms with E-state index >= 15 is 13.2 Å². The number of rotatable bonds is 4. The summed E-state index contributed by atoms with van der Waals surface area (Å²) in [6.07, 6.45) is -4.88. The molecule has 9 heteroatoms. The number of hydrogen-bond donors (Lipinski definition) is 0. The Hall–Kier alpha value is -5.05. The summed E-state index contributed by atoms with van der Waals surface area (Å²) in [6.45, 7) is 8.20. The van der Waals surface area contributed by atoms with Crippen molar-refractivity contribution in [1.29, 1.82) is 0 Å². The molecule has 0 radical (unpaired) electrons. The van der Waals surface area contributed by atoms with Crippen molar-refractivity contribution in [1.82, 2.24) is 0 Å². The summed E-state index contributed by atoms with van der Waals surface area (Å²) < 4.78 is 45.2. The molecule has 222 valence electrons. The van der Waals surface area contributed by atoms with Crippen molar-refractivity contribution < 1.29 is 32.3 Å². The molecule has 2 aliphatic heterocycles. The quantitative estimate of drug-likeness (QED) is 0.230. The Morgan fingerprint density at radius 3 is 1.20 bits per heavy atom. The highest BCUT2D eigenvalue weighted by molar-refractivity contribution is 6.35. The van der Waals surface area contributed by atoms with E-state index in [2.05, 4.69) is 0 Å². The van der Waals surface area contributed by atoms with Crippen molar-refractivity contribution in [3.63, 3.8) is 0 Å². The van der Waals surface area contributed by atoms with E-state index in [-0.39, 0.29) is 33.4 Å². The molecule has 0 fully saturated rings. The van der Waals surface area contributed by atoms with E-state index < -0.39 is 35.2 Å². The van der Waals surface area contributed by atoms with Gasteiger partial charge in [-0.1, -0.05) is 47.5 Å². The SMILES string of the molecule is Cc1ccc(N2C(=O)c3ccc(C(C)(c4ccc5c(c4)C(=O)N(c4ccc(C)cc4C)C5=O)C(F)(F)F)cc3C2=O)c(C)c1. The van der Waals surface area contributed by atoms with E-state index in [1.54, 1.807) is 38.1 Å². The van der Waals surface area contributed by atoms with Crippen LogP contribution in [0.1, 0.15) is 81.7 Å². The molecule has 4 aromatic rings. The van der Waals surface area contributed by atoms with Crippen LogP contribution in [0, 0.1) is 27.7 Å². The maximum Gasteiger partial charge on any atom is 0.402 e. The molecule has 0 bridgehead atoms. The lowest BCUT2D eigenvalue weighted by Gasteiger charge is -2.33. The Morgan fingerprint density at radius 1 is 0.500 bits per heavy atom. The van der Waals surface area contributed by atoms with Crippen LogP contribution in [0.5, 0.6) is 0 Å². The maximum absolute atomic E-state index is 15.1. The van der Waals surface area contributed by atoms with Crippen LogP contribution in [-0.4, -0.2) is 29.8 Å². The van der Waals surface area contributed by atoms with E-state index in [1.807, 2.05) is 26.0 Å². The minimum absolute atomic E-state index is 0.00193. The summed E-state index contributed by atoms with van der Waals surface area (Å²) in [6, 6.07) is 17.5. The molecule has 0 atom stereocenters. The second-order valence-electron chi connectivity index (χ2n) is 11.6. The van der Waals surface area contributed by atoms with Crippen LogP contribution < -0.4 is 9.80 Å². The third-order valence-electron chi connectivity index (χ3n) is 8.68. The van der Waals surface area contributed by atoms with Gasteiger partial charge in [0.2, 0.25) is 0 Å². The Balaban J connectivity index is 1.44. The minimum Gasteiger partial charge on any atom is -0.268 e. The molecule has 4 amide bonds. The fraction of sp³-hybridized carbons (Fsp3) is 0.200. The second kappa shape index (κ2) is 9.74. The monoisotopic (exact) mass is 596 g/mol. The molecule has 0 saturated carbocycles. The Bertz CT molecular complexity index is 1830. The zero-order chi connectivity index (χ0) is 31.9. The first-order valence-corrected chi connectivity index (χ1v) is 13.9. The van der Waals surface area contributed by atoms with Crippen molar-refractivity contribution in [2.75, 3.05) is 9.80 Å². The summed E-state index contributed by atoms with van der Waals surface area (Å²) in [7, 11) is 0. The standard InChI is InChI=1S/C35H27F3N2O4/c1-18-6-12-28(20(3)14-18)39-30(41)24-10-8-22(16-26(24)32(39)43)34(5,35(36,37)38)23-9-11-25-27(17-23)33(44)40(31(25)42)29-13-7-19(2)15-21(29)4/h6-17H,1-5H3. The van der Waals surface area contributed by atoms with Gasteiger partial charge in [0.1, 0.15) is 5.41 Å². The number of hydrogen-bond acceptors (Lipinski definition) is 4. The lowest BCUT2D eigenvalue weighted by molar-refractivity contribution is -0.173. The summed E-state index contributed by atoms with van der Waals surface area (Å²) in [4.78, 5) is 55.5. The van der Waals surface area contributed by atoms with Crippen molar-refractivity contribution in [2.24, 2.45) is 0 Å². The number of aryl methyl sites for hydroxylation is 4. The lowest BCUT2D eigenvalue weighted by atomic mass is 9.74. The molecule has 2 aliphatic rings. The topological polar surface area (TPSA) is 74.8 Å². The Kier molecular flexibility index (Phi) is 6.43. The molecular weight excluding hydrogens is 569 g/mol. The van der Waals surface area contributed by atoms with E-state index in [1.165, 1.54) is 24.3 Å². The van der Waals surface area contributed by atoms with Crippen molar-refractivity contribution in [3.05, 3.63) is 128 Å². The number of fused-ring (bicyclic) bond motifs is 2. The predicted octanol–water partition coefficient (Wildman–Crippen LogP) is 7.39. The minimum atomic E-state index is -4.88. The molecular formula is C35H27F3N2O4. The number of alkyl halides is 3. The third kappa shape index (κ3) is 4.10. The van der Waals surface area contributed by atoms with Gasteiger partial charge in [0.25, 0.3) is 23.6 Å². The van der Waals surface area contributed by atoms with E-state index in [0.717, 1.165) is 40.0 Å². The average molecular weight is 597 g/mol. The average Bonchev–Trinajstić information content (AvgIpc) is 3.36. The molecule has 0 spiro atoms. The largest absolute Gasteiger partial charge is 0.402 e. The Labute approximate surface area is 251 Å². The first kappa shape index (κ1) is 29.0. The molecule has 2 heterocycles. The number of halogens is 3. The first-order chi connectivity index (χ1) is 20.6. The maximum atomic E-state index is 15.1. The fourth-order valence-electron chi connectivity index (χ4n) is 6.15. The number of anilines is 2. The van der Waals surface area contributed by atoms with Crippen LogP contribution in [0.15, 0.2) is 72.8 Å². The van der Waals surface area contributed by atoms with E-state index in [4.69, 9.17) is 0 Å². The van der Waals surface area contributed by atoms with Gasteiger partial charge in [-0.25, -0.2) is 9.80 Å². The van der Waals surface area contributed by atoms with Crippen LogP contribution in [0.2, 0.25) is 0 Å². The lowest BCUT2D eigenvalue weighted by Crippen LogP contribution is -2.41. The van der Waals surface area contributed by atoms with Gasteiger partial charge < -0.3 is 0 Å². The van der Waals surface area contributed by atoms with Gasteiger partial charge in [-0.2, -0.15) is 13.2 Å². The molecule has 0 unspecified atom stereocenters. The van der Waals surface area contributed by atoms with Crippen molar-refractivity contribution in [3.8, 4) is 0 Å². The van der Waals surface area contributed by atoms with Gasteiger partial charge in [-0.15, -0.1) is 0 Å². The van der Waals surface area contributed by atoms with Gasteiger partial charge in [-0.05, 0) is 93.3 Å². The molecule has 44 heavy (non-hydrogen) atoms. The second-order valence-corrected chi connectivity index (χ2v) is 11.6. The molecule has 6 rings (SSSR count). The summed E-state index contributed by atoms with van der Waals surface area (Å²) in [5.74, 6) is -2.68. The number of amides is 4. The van der Waals surface area contributed by atoms with E-state index in [9.17, 15) is 19.2 Å². The highest BCUT2D eigenvalue weighted by Gasteiger charge is 2.55. The van der Waals surface area contributed by atoms with Crippen molar-refractivity contribution >= 4 is 35.0 Å². The van der Waals surface area contributed by atoms with Crippen LogP contribution in [0.4, 0.5) is 24.5 Å². The van der Waals surface area contributed by atoms with Crippen LogP contribution >= 0.6 is 0 Å². The number of imide groups is 2. The van der Waals surface area contributed by atoms with Gasteiger partial charge in [0, 0.05) is 0 Å². The fourth-order valence-corrected chi connectivity index (χ4v) is 6.15. The predicted molar refractivity (Wildman–Crippen MR) is 160 cm³/mol. The van der Waals surface area contributed by atoms with Gasteiger partial charge in [0.05, 0.1) is 33.6 Å². The van der Waals surface area contributed by atoms with Crippen molar-refractivity contribution in [2.45, 2.75) is 46.2 Å². The normalized spacial score (nSPS) is 14.9. The summed E-state index contributed by atoms with van der Waals surface area (Å²) in [5.41, 5.74) is 0.385. The number of nitrogens with zero attached hydrogens (tertiary/aromatic N) is 2.